The fourth-order valence-electron chi connectivity index (χ4n) is 0.746. The second-order valence-electron chi connectivity index (χ2n) is 2.40. The molecule has 2 N–H and O–H groups in total. The minimum atomic E-state index is -4.45. The molecule has 0 aromatic heterocycles. The minimum absolute atomic E-state index is 0.409. The van der Waals surface area contributed by atoms with Crippen molar-refractivity contribution >= 4 is 7.82 Å². The second kappa shape index (κ2) is 5.95. The Bertz CT molecular complexity index is 247. The van der Waals surface area contributed by atoms with Crippen LogP contribution in [0, 0.1) is 12.3 Å². The first-order chi connectivity index (χ1) is 5.99. The van der Waals surface area contributed by atoms with Crippen LogP contribution in [-0.2, 0) is 9.09 Å². The molecule has 0 aromatic rings. The summed E-state index contributed by atoms with van der Waals surface area (Å²) in [6.07, 6.45) is 8.94. The van der Waals surface area contributed by atoms with Crippen LogP contribution >= 0.6 is 7.82 Å². The molecule has 5 heteroatoms. The smallest absolute Gasteiger partial charge is 0.303 e. The zero-order valence-corrected chi connectivity index (χ0v) is 8.28. The molecule has 0 heterocycles. The zero-order valence-electron chi connectivity index (χ0n) is 7.38. The zero-order chi connectivity index (χ0) is 10.3. The van der Waals surface area contributed by atoms with Crippen LogP contribution < -0.4 is 0 Å². The normalized spacial score (nSPS) is 14.3. The highest BCUT2D eigenvalue weighted by atomic mass is 31.2. The van der Waals surface area contributed by atoms with E-state index in [0.29, 0.717) is 12.8 Å². The molecule has 0 spiro atoms. The summed E-state index contributed by atoms with van der Waals surface area (Å²) in [4.78, 5) is 16.9. The van der Waals surface area contributed by atoms with Gasteiger partial charge in [-0.2, -0.15) is 0 Å². The highest BCUT2D eigenvalue weighted by Crippen LogP contribution is 2.38. The molecule has 0 amide bonds. The van der Waals surface area contributed by atoms with Gasteiger partial charge < -0.3 is 9.79 Å². The molecule has 4 nitrogen and oxygen atoms in total. The standard InChI is InChI=1S/C8H13O4P/c1-3-5-6-7-8(4-2)12-13(9,10)11/h2-3,5,8H,6-7H2,1H3,(H2,9,10,11). The van der Waals surface area contributed by atoms with E-state index in [0.717, 1.165) is 0 Å². The summed E-state index contributed by atoms with van der Waals surface area (Å²) in [5, 5.41) is 0. The lowest BCUT2D eigenvalue weighted by Gasteiger charge is -2.10. The van der Waals surface area contributed by atoms with Crippen LogP contribution in [0.3, 0.4) is 0 Å². The van der Waals surface area contributed by atoms with Crippen LogP contribution in [0.2, 0.25) is 0 Å². The highest BCUT2D eigenvalue weighted by molar-refractivity contribution is 7.46. The van der Waals surface area contributed by atoms with Crippen LogP contribution in [0.25, 0.3) is 0 Å². The van der Waals surface area contributed by atoms with Crippen molar-refractivity contribution in [3.05, 3.63) is 12.2 Å². The van der Waals surface area contributed by atoms with Crippen LogP contribution in [0.15, 0.2) is 12.2 Å². The molecular formula is C8H13O4P. The maximum absolute atomic E-state index is 10.4. The Balaban J connectivity index is 3.93. The predicted octanol–water partition coefficient (Wildman–Crippen LogP) is 1.45. The molecule has 1 unspecified atom stereocenters. The van der Waals surface area contributed by atoms with Crippen molar-refractivity contribution in [3.63, 3.8) is 0 Å². The minimum Gasteiger partial charge on any atom is -0.303 e. The molecule has 0 radical (unpaired) electrons. The summed E-state index contributed by atoms with van der Waals surface area (Å²) in [6.45, 7) is 1.86. The summed E-state index contributed by atoms with van der Waals surface area (Å²) in [5.74, 6) is 2.17. The van der Waals surface area contributed by atoms with E-state index in [1.807, 2.05) is 19.1 Å². The molecule has 0 rings (SSSR count). The van der Waals surface area contributed by atoms with Gasteiger partial charge in [0.15, 0.2) is 0 Å². The Morgan fingerprint density at radius 1 is 1.69 bits per heavy atom. The number of allylic oxidation sites excluding steroid dienone is 2. The molecule has 0 saturated carbocycles. The fraction of sp³-hybridized carbons (Fsp3) is 0.500. The predicted molar refractivity (Wildman–Crippen MR) is 49.8 cm³/mol. The number of hydrogen-bond donors (Lipinski definition) is 2. The lowest BCUT2D eigenvalue weighted by molar-refractivity contribution is 0.161. The summed E-state index contributed by atoms with van der Waals surface area (Å²) < 4.78 is 14.7. The van der Waals surface area contributed by atoms with E-state index in [9.17, 15) is 4.57 Å². The summed E-state index contributed by atoms with van der Waals surface area (Å²) in [5.41, 5.74) is 0. The molecule has 0 aliphatic rings. The van der Waals surface area contributed by atoms with E-state index in [-0.39, 0.29) is 0 Å². The average Bonchev–Trinajstić information content (AvgIpc) is 2.01. The van der Waals surface area contributed by atoms with Gasteiger partial charge in [0.25, 0.3) is 0 Å². The summed E-state index contributed by atoms with van der Waals surface area (Å²) >= 11 is 0. The fourth-order valence-corrected chi connectivity index (χ4v) is 1.24. The van der Waals surface area contributed by atoms with E-state index in [4.69, 9.17) is 16.2 Å². The Morgan fingerprint density at radius 3 is 2.69 bits per heavy atom. The third kappa shape index (κ3) is 7.76. The Morgan fingerprint density at radius 2 is 2.31 bits per heavy atom. The van der Waals surface area contributed by atoms with Gasteiger partial charge in [-0.25, -0.2) is 4.57 Å². The topological polar surface area (TPSA) is 66.8 Å². The third-order valence-electron chi connectivity index (χ3n) is 1.28. The van der Waals surface area contributed by atoms with Crippen molar-refractivity contribution < 1.29 is 18.9 Å². The van der Waals surface area contributed by atoms with Crippen molar-refractivity contribution in [1.82, 2.24) is 0 Å². The van der Waals surface area contributed by atoms with Gasteiger partial charge in [-0.1, -0.05) is 18.1 Å². The first-order valence-corrected chi connectivity index (χ1v) is 5.34. The van der Waals surface area contributed by atoms with E-state index >= 15 is 0 Å². The largest absolute Gasteiger partial charge is 0.470 e. The van der Waals surface area contributed by atoms with Crippen molar-refractivity contribution in [2.24, 2.45) is 0 Å². The molecule has 0 aliphatic heterocycles. The molecule has 0 aromatic carbocycles. The van der Waals surface area contributed by atoms with E-state index in [2.05, 4.69) is 10.4 Å². The van der Waals surface area contributed by atoms with E-state index in [1.165, 1.54) is 0 Å². The van der Waals surface area contributed by atoms with Crippen LogP contribution in [0.5, 0.6) is 0 Å². The van der Waals surface area contributed by atoms with Gasteiger partial charge in [-0.15, -0.1) is 6.42 Å². The molecular weight excluding hydrogens is 191 g/mol. The Labute approximate surface area is 77.9 Å². The Kier molecular flexibility index (Phi) is 5.68. The number of rotatable bonds is 5. The maximum atomic E-state index is 10.4. The molecule has 1 atom stereocenters. The third-order valence-corrected chi connectivity index (χ3v) is 1.81. The van der Waals surface area contributed by atoms with Gasteiger partial charge >= 0.3 is 7.82 Å². The van der Waals surface area contributed by atoms with Crippen molar-refractivity contribution in [3.8, 4) is 12.3 Å². The van der Waals surface area contributed by atoms with Crippen LogP contribution in [0.4, 0.5) is 0 Å². The van der Waals surface area contributed by atoms with Crippen LogP contribution in [-0.4, -0.2) is 15.9 Å². The van der Waals surface area contributed by atoms with Crippen molar-refractivity contribution in [2.45, 2.75) is 25.9 Å². The van der Waals surface area contributed by atoms with Crippen molar-refractivity contribution in [2.75, 3.05) is 0 Å². The molecule has 0 fully saturated rings. The average molecular weight is 204 g/mol. The molecule has 0 aliphatic carbocycles. The lowest BCUT2D eigenvalue weighted by Crippen LogP contribution is -2.07. The number of hydrogen-bond acceptors (Lipinski definition) is 2. The highest BCUT2D eigenvalue weighted by Gasteiger charge is 2.19. The van der Waals surface area contributed by atoms with E-state index in [1.54, 1.807) is 0 Å². The van der Waals surface area contributed by atoms with Crippen molar-refractivity contribution in [1.29, 1.82) is 0 Å². The summed E-state index contributed by atoms with van der Waals surface area (Å²) in [6, 6.07) is 0. The number of terminal acetylenes is 1. The quantitative estimate of drug-likeness (QED) is 0.404. The molecule has 13 heavy (non-hydrogen) atoms. The number of phosphoric acid groups is 1. The first-order valence-electron chi connectivity index (χ1n) is 3.81. The molecule has 0 saturated heterocycles. The summed E-state index contributed by atoms with van der Waals surface area (Å²) in [7, 11) is -4.45. The van der Waals surface area contributed by atoms with E-state index < -0.39 is 13.9 Å². The van der Waals surface area contributed by atoms with Gasteiger partial charge in [-0.05, 0) is 19.8 Å². The SMILES string of the molecule is C#CC(CCC=CC)OP(=O)(O)O. The van der Waals surface area contributed by atoms with Gasteiger partial charge in [0.05, 0.1) is 0 Å². The lowest BCUT2D eigenvalue weighted by atomic mass is 10.2. The Hall–Kier alpha value is -0.590. The van der Waals surface area contributed by atoms with Gasteiger partial charge in [0, 0.05) is 0 Å². The first kappa shape index (κ1) is 12.4. The van der Waals surface area contributed by atoms with Gasteiger partial charge in [-0.3, -0.25) is 4.52 Å². The number of phosphoric ester groups is 1. The van der Waals surface area contributed by atoms with Gasteiger partial charge in [0.1, 0.15) is 6.10 Å². The monoisotopic (exact) mass is 204 g/mol. The van der Waals surface area contributed by atoms with Crippen LogP contribution in [0.1, 0.15) is 19.8 Å². The van der Waals surface area contributed by atoms with Gasteiger partial charge in [0.2, 0.25) is 0 Å². The maximum Gasteiger partial charge on any atom is 0.470 e. The molecule has 0 bridgehead atoms. The molecule has 74 valence electrons. The second-order valence-corrected chi connectivity index (χ2v) is 3.59.